The summed E-state index contributed by atoms with van der Waals surface area (Å²) in [4.78, 5) is 16.0. The van der Waals surface area contributed by atoms with E-state index >= 15 is 0 Å². The number of hydrogen-bond donors (Lipinski definition) is 2. The van der Waals surface area contributed by atoms with Gasteiger partial charge in [0.25, 0.3) is 0 Å². The molecule has 1 heterocycles. The van der Waals surface area contributed by atoms with E-state index in [2.05, 4.69) is 17.6 Å². The van der Waals surface area contributed by atoms with Crippen LogP contribution < -0.4 is 0 Å². The van der Waals surface area contributed by atoms with Gasteiger partial charge in [-0.3, -0.25) is 9.79 Å². The van der Waals surface area contributed by atoms with Crippen LogP contribution in [-0.2, 0) is 9.53 Å². The van der Waals surface area contributed by atoms with Gasteiger partial charge in [-0.2, -0.15) is 0 Å². The zero-order valence-corrected chi connectivity index (χ0v) is 17.8. The zero-order chi connectivity index (χ0) is 20.6. The Kier molecular flexibility index (Phi) is 9.07. The number of carbonyl (C=O) groups is 1. The molecule has 1 aliphatic heterocycles. The monoisotopic (exact) mass is 407 g/mol. The third kappa shape index (κ3) is 5.85. The standard InChI is InChI=1S/C22H33NO4S/c1-4-6-7-9-16(24)11-12-17-18-14-20(28-13-8-10-21(26)27-3)23-22(18,5-2)15-19(17)25/h2,11-12,16-19,24-25H,4,6-10,13-15H2,1,3H3/t16-,17?,18?,19?,22?/m0/s1. The summed E-state index contributed by atoms with van der Waals surface area (Å²) < 4.78 is 4.66. The summed E-state index contributed by atoms with van der Waals surface area (Å²) in [5.74, 6) is 3.42. The molecule has 5 atom stereocenters. The number of unbranched alkanes of at least 4 members (excludes halogenated alkanes) is 2. The van der Waals surface area contributed by atoms with Crippen molar-refractivity contribution in [2.45, 2.75) is 76.0 Å². The second-order valence-electron chi connectivity index (χ2n) is 7.71. The smallest absolute Gasteiger partial charge is 0.305 e. The van der Waals surface area contributed by atoms with Crippen LogP contribution >= 0.6 is 11.8 Å². The van der Waals surface area contributed by atoms with Gasteiger partial charge in [0.05, 0.1) is 24.4 Å². The number of methoxy groups -OCH3 is 1. The second kappa shape index (κ2) is 11.0. The summed E-state index contributed by atoms with van der Waals surface area (Å²) in [6.45, 7) is 2.14. The van der Waals surface area contributed by atoms with Gasteiger partial charge < -0.3 is 14.9 Å². The number of hydrogen-bond acceptors (Lipinski definition) is 6. The number of fused-ring (bicyclic) bond motifs is 1. The average Bonchev–Trinajstić information content (AvgIpc) is 3.15. The molecule has 0 aromatic carbocycles. The molecule has 0 amide bonds. The minimum absolute atomic E-state index is 0.0645. The lowest BCUT2D eigenvalue weighted by Gasteiger charge is -2.21. The van der Waals surface area contributed by atoms with E-state index in [-0.39, 0.29) is 17.8 Å². The minimum atomic E-state index is -0.647. The first-order valence-corrected chi connectivity index (χ1v) is 11.2. The first kappa shape index (κ1) is 23.0. The number of rotatable bonds is 10. The SMILES string of the molecule is C#CC12CC(O)C(C=C[C@@H](O)CCCCC)C1CC(SCCCC(=O)OC)=N2. The van der Waals surface area contributed by atoms with Crippen molar-refractivity contribution in [3.05, 3.63) is 12.2 Å². The van der Waals surface area contributed by atoms with Gasteiger partial charge in [0.15, 0.2) is 0 Å². The van der Waals surface area contributed by atoms with Crippen LogP contribution in [0.4, 0.5) is 0 Å². The Hall–Kier alpha value is -1.29. The molecule has 2 aliphatic rings. The summed E-state index contributed by atoms with van der Waals surface area (Å²) >= 11 is 1.64. The van der Waals surface area contributed by atoms with Gasteiger partial charge in [-0.05, 0) is 18.6 Å². The van der Waals surface area contributed by atoms with Crippen molar-refractivity contribution in [2.24, 2.45) is 16.8 Å². The molecule has 0 saturated heterocycles. The first-order valence-electron chi connectivity index (χ1n) is 10.3. The van der Waals surface area contributed by atoms with E-state index in [1.807, 2.05) is 12.2 Å². The Morgan fingerprint density at radius 2 is 2.29 bits per heavy atom. The predicted molar refractivity (Wildman–Crippen MR) is 114 cm³/mol. The zero-order valence-electron chi connectivity index (χ0n) is 17.0. The Morgan fingerprint density at radius 1 is 1.50 bits per heavy atom. The van der Waals surface area contributed by atoms with Crippen LogP contribution in [0.1, 0.15) is 58.3 Å². The Morgan fingerprint density at radius 3 is 2.96 bits per heavy atom. The Bertz CT molecular complexity index is 627. The van der Waals surface area contributed by atoms with E-state index < -0.39 is 17.7 Å². The molecule has 2 N–H and O–H groups in total. The normalized spacial score (nSPS) is 30.1. The number of carbonyl (C=O) groups excluding carboxylic acids is 1. The molecule has 28 heavy (non-hydrogen) atoms. The van der Waals surface area contributed by atoms with Gasteiger partial charge in [0.1, 0.15) is 5.54 Å². The van der Waals surface area contributed by atoms with E-state index in [9.17, 15) is 15.0 Å². The number of ether oxygens (including phenoxy) is 1. The van der Waals surface area contributed by atoms with Crippen molar-refractivity contribution in [1.82, 2.24) is 0 Å². The molecular weight excluding hydrogens is 374 g/mol. The highest BCUT2D eigenvalue weighted by Crippen LogP contribution is 2.50. The molecule has 1 aliphatic carbocycles. The van der Waals surface area contributed by atoms with E-state index in [0.717, 1.165) is 49.3 Å². The molecule has 2 rings (SSSR count). The molecule has 1 saturated carbocycles. The quantitative estimate of drug-likeness (QED) is 0.251. The van der Waals surface area contributed by atoms with Gasteiger partial charge in [-0.25, -0.2) is 0 Å². The van der Waals surface area contributed by atoms with Crippen molar-refractivity contribution in [1.29, 1.82) is 0 Å². The van der Waals surface area contributed by atoms with Crippen LogP contribution in [0.15, 0.2) is 17.1 Å². The van der Waals surface area contributed by atoms with Gasteiger partial charge in [-0.1, -0.05) is 44.3 Å². The van der Waals surface area contributed by atoms with Gasteiger partial charge in [0.2, 0.25) is 0 Å². The fourth-order valence-electron chi connectivity index (χ4n) is 4.10. The summed E-state index contributed by atoms with van der Waals surface area (Å²) in [6.07, 6.45) is 14.9. The van der Waals surface area contributed by atoms with Crippen LogP contribution in [0.25, 0.3) is 0 Å². The van der Waals surface area contributed by atoms with Crippen LogP contribution in [0, 0.1) is 24.2 Å². The fourth-order valence-corrected chi connectivity index (χ4v) is 5.15. The van der Waals surface area contributed by atoms with Crippen molar-refractivity contribution in [3.63, 3.8) is 0 Å². The molecule has 0 aromatic heterocycles. The second-order valence-corrected chi connectivity index (χ2v) is 8.88. The third-order valence-corrected chi connectivity index (χ3v) is 6.78. The number of aliphatic imine (C=N–C) groups is 1. The maximum atomic E-state index is 11.2. The van der Waals surface area contributed by atoms with E-state index in [0.29, 0.717) is 12.8 Å². The number of terminal acetylenes is 1. The maximum Gasteiger partial charge on any atom is 0.305 e. The van der Waals surface area contributed by atoms with Crippen molar-refractivity contribution < 1.29 is 19.7 Å². The maximum absolute atomic E-state index is 11.2. The van der Waals surface area contributed by atoms with E-state index in [1.165, 1.54) is 7.11 Å². The molecule has 4 unspecified atom stereocenters. The summed E-state index contributed by atoms with van der Waals surface area (Å²) in [5, 5.41) is 21.7. The average molecular weight is 408 g/mol. The van der Waals surface area contributed by atoms with Crippen LogP contribution in [-0.4, -0.2) is 51.8 Å². The van der Waals surface area contributed by atoms with Crippen LogP contribution in [0.3, 0.4) is 0 Å². The molecule has 0 radical (unpaired) electrons. The Balaban J connectivity index is 1.93. The lowest BCUT2D eigenvalue weighted by Crippen LogP contribution is -2.27. The summed E-state index contributed by atoms with van der Waals surface area (Å²) in [5.41, 5.74) is -0.647. The molecule has 156 valence electrons. The van der Waals surface area contributed by atoms with Crippen LogP contribution in [0.2, 0.25) is 0 Å². The molecule has 0 spiro atoms. The van der Waals surface area contributed by atoms with Crippen molar-refractivity contribution >= 4 is 22.8 Å². The van der Waals surface area contributed by atoms with E-state index in [4.69, 9.17) is 11.4 Å². The lowest BCUT2D eigenvalue weighted by atomic mass is 9.83. The molecule has 5 nitrogen and oxygen atoms in total. The van der Waals surface area contributed by atoms with E-state index in [1.54, 1.807) is 11.8 Å². The number of nitrogens with zero attached hydrogens (tertiary/aromatic N) is 1. The van der Waals surface area contributed by atoms with Crippen molar-refractivity contribution in [3.8, 4) is 12.3 Å². The minimum Gasteiger partial charge on any atom is -0.469 e. The number of esters is 1. The predicted octanol–water partition coefficient (Wildman–Crippen LogP) is 3.34. The highest BCUT2D eigenvalue weighted by Gasteiger charge is 2.55. The highest BCUT2D eigenvalue weighted by molar-refractivity contribution is 8.13. The van der Waals surface area contributed by atoms with Gasteiger partial charge in [0, 0.05) is 31.1 Å². The summed E-state index contributed by atoms with van der Waals surface area (Å²) in [7, 11) is 1.40. The largest absolute Gasteiger partial charge is 0.469 e. The molecule has 6 heteroatoms. The number of aliphatic hydroxyl groups excluding tert-OH is 2. The lowest BCUT2D eigenvalue weighted by molar-refractivity contribution is -0.140. The number of thioether (sulfide) groups is 1. The Labute approximate surface area is 173 Å². The molecule has 0 bridgehead atoms. The molecular formula is C22H33NO4S. The molecule has 1 fully saturated rings. The summed E-state index contributed by atoms with van der Waals surface area (Å²) in [6, 6.07) is 0. The topological polar surface area (TPSA) is 79.1 Å². The highest BCUT2D eigenvalue weighted by atomic mass is 32.2. The number of aliphatic hydroxyl groups is 2. The fraction of sp³-hybridized carbons (Fsp3) is 0.727. The van der Waals surface area contributed by atoms with Gasteiger partial charge in [-0.15, -0.1) is 18.2 Å². The van der Waals surface area contributed by atoms with Gasteiger partial charge >= 0.3 is 5.97 Å². The third-order valence-electron chi connectivity index (χ3n) is 5.69. The van der Waals surface area contributed by atoms with Crippen LogP contribution in [0.5, 0.6) is 0 Å². The molecule has 0 aromatic rings. The van der Waals surface area contributed by atoms with Crippen molar-refractivity contribution in [2.75, 3.05) is 12.9 Å². The first-order chi connectivity index (χ1) is 13.5.